The number of amides is 2. The van der Waals surface area contributed by atoms with Crippen LogP contribution in [0.2, 0.25) is 0 Å². The van der Waals surface area contributed by atoms with Crippen LogP contribution < -0.4 is 10.2 Å². The van der Waals surface area contributed by atoms with Crippen LogP contribution in [0.4, 0.5) is 29.7 Å². The Hall–Kier alpha value is -3.63. The van der Waals surface area contributed by atoms with Crippen LogP contribution in [-0.4, -0.2) is 50.1 Å². The number of benzene rings is 1. The highest BCUT2D eigenvalue weighted by molar-refractivity contribution is 5.94. The fourth-order valence-corrected chi connectivity index (χ4v) is 3.89. The van der Waals surface area contributed by atoms with Gasteiger partial charge in [-0.25, -0.2) is 14.8 Å². The lowest BCUT2D eigenvalue weighted by Gasteiger charge is -2.25. The molecule has 0 bridgehead atoms. The first kappa shape index (κ1) is 23.5. The molecule has 1 saturated heterocycles. The van der Waals surface area contributed by atoms with Gasteiger partial charge in [0.15, 0.2) is 0 Å². The van der Waals surface area contributed by atoms with Crippen molar-refractivity contribution in [3.63, 3.8) is 0 Å². The SMILES string of the molecule is CC(C)[C@H]1CN(C)C(=O)N1c1ccnc(N[C@@H](C)c2cn(-c3ccc(C(F)(F)F)cc3)cn2)n1. The van der Waals surface area contributed by atoms with Crippen molar-refractivity contribution in [3.05, 3.63) is 60.3 Å². The van der Waals surface area contributed by atoms with Crippen LogP contribution in [0.1, 0.15) is 38.1 Å². The molecule has 1 fully saturated rings. The minimum absolute atomic E-state index is 0.0112. The summed E-state index contributed by atoms with van der Waals surface area (Å²) in [5.41, 5.74) is 0.519. The van der Waals surface area contributed by atoms with E-state index in [4.69, 9.17) is 0 Å². The number of carbonyl (C=O) groups is 1. The van der Waals surface area contributed by atoms with E-state index >= 15 is 0 Å². The van der Waals surface area contributed by atoms with Gasteiger partial charge in [0, 0.05) is 31.7 Å². The first-order valence-electron chi connectivity index (χ1n) is 10.9. The minimum atomic E-state index is -4.38. The summed E-state index contributed by atoms with van der Waals surface area (Å²) < 4.78 is 40.1. The number of aromatic nitrogens is 4. The number of nitrogens with one attached hydrogen (secondary N) is 1. The topological polar surface area (TPSA) is 79.2 Å². The lowest BCUT2D eigenvalue weighted by Crippen LogP contribution is -2.38. The highest BCUT2D eigenvalue weighted by Gasteiger charge is 2.38. The van der Waals surface area contributed by atoms with Gasteiger partial charge >= 0.3 is 12.2 Å². The molecule has 1 aliphatic rings. The zero-order valence-electron chi connectivity index (χ0n) is 19.3. The van der Waals surface area contributed by atoms with Gasteiger partial charge in [-0.15, -0.1) is 0 Å². The summed E-state index contributed by atoms with van der Waals surface area (Å²) in [5, 5.41) is 3.19. The Morgan fingerprint density at radius 2 is 1.79 bits per heavy atom. The molecule has 34 heavy (non-hydrogen) atoms. The van der Waals surface area contributed by atoms with Gasteiger partial charge < -0.3 is 14.8 Å². The van der Waals surface area contributed by atoms with Crippen molar-refractivity contribution >= 4 is 17.8 Å². The Kier molecular flexibility index (Phi) is 6.20. The van der Waals surface area contributed by atoms with Gasteiger partial charge in [-0.05, 0) is 43.2 Å². The molecule has 4 rings (SSSR count). The maximum absolute atomic E-state index is 12.8. The van der Waals surface area contributed by atoms with Crippen LogP contribution in [0, 0.1) is 5.92 Å². The number of rotatable bonds is 6. The van der Waals surface area contributed by atoms with Gasteiger partial charge in [0.25, 0.3) is 0 Å². The highest BCUT2D eigenvalue weighted by atomic mass is 19.4. The zero-order valence-corrected chi connectivity index (χ0v) is 19.3. The minimum Gasteiger partial charge on any atom is -0.346 e. The third kappa shape index (κ3) is 4.68. The average molecular weight is 474 g/mol. The highest BCUT2D eigenvalue weighted by Crippen LogP contribution is 2.30. The fraction of sp³-hybridized carbons (Fsp3) is 0.391. The van der Waals surface area contributed by atoms with E-state index < -0.39 is 11.7 Å². The number of likely N-dealkylation sites (N-methyl/N-ethyl adjacent to an activating group) is 1. The number of anilines is 2. The Labute approximate surface area is 195 Å². The lowest BCUT2D eigenvalue weighted by molar-refractivity contribution is -0.137. The quantitative estimate of drug-likeness (QED) is 0.559. The van der Waals surface area contributed by atoms with Crippen molar-refractivity contribution in [2.75, 3.05) is 23.8 Å². The van der Waals surface area contributed by atoms with Crippen LogP contribution in [0.5, 0.6) is 0 Å². The standard InChI is InChI=1S/C23H26F3N7O/c1-14(2)19-12-31(4)22(34)33(19)20-9-10-27-21(30-20)29-15(3)18-11-32(13-28-18)17-7-5-16(6-8-17)23(24,25)26/h5-11,13-15,19H,12H2,1-4H3,(H,27,29,30)/t15-,19+/m0/s1. The first-order chi connectivity index (χ1) is 16.0. The summed E-state index contributed by atoms with van der Waals surface area (Å²) in [5.74, 6) is 1.13. The molecule has 11 heteroatoms. The van der Waals surface area contributed by atoms with Gasteiger partial charge in [-0.1, -0.05) is 13.8 Å². The largest absolute Gasteiger partial charge is 0.416 e. The second-order valence-electron chi connectivity index (χ2n) is 8.70. The lowest BCUT2D eigenvalue weighted by atomic mass is 10.0. The Bertz CT molecular complexity index is 1160. The molecule has 0 aliphatic carbocycles. The third-order valence-electron chi connectivity index (χ3n) is 5.87. The predicted octanol–water partition coefficient (Wildman–Crippen LogP) is 4.75. The molecule has 2 amide bonds. The number of carbonyl (C=O) groups excluding carboxylic acids is 1. The van der Waals surface area contributed by atoms with Gasteiger partial charge in [0.1, 0.15) is 5.82 Å². The molecule has 3 aromatic rings. The van der Waals surface area contributed by atoms with Crippen molar-refractivity contribution in [1.82, 2.24) is 24.4 Å². The number of hydrogen-bond donors (Lipinski definition) is 1. The summed E-state index contributed by atoms with van der Waals surface area (Å²) in [6, 6.07) is 6.20. The monoisotopic (exact) mass is 473 g/mol. The first-order valence-corrected chi connectivity index (χ1v) is 10.9. The molecule has 0 spiro atoms. The van der Waals surface area contributed by atoms with Gasteiger partial charge in [0.2, 0.25) is 5.95 Å². The van der Waals surface area contributed by atoms with Crippen LogP contribution in [0.15, 0.2) is 49.1 Å². The number of hydrogen-bond acceptors (Lipinski definition) is 5. The summed E-state index contributed by atoms with van der Waals surface area (Å²) >= 11 is 0. The zero-order chi connectivity index (χ0) is 24.6. The Balaban J connectivity index is 1.49. The van der Waals surface area contributed by atoms with Crippen molar-refractivity contribution in [3.8, 4) is 5.69 Å². The number of alkyl halides is 3. The molecular formula is C23H26F3N7O. The van der Waals surface area contributed by atoms with E-state index in [1.165, 1.54) is 12.1 Å². The third-order valence-corrected chi connectivity index (χ3v) is 5.87. The van der Waals surface area contributed by atoms with E-state index in [0.717, 1.165) is 12.1 Å². The molecule has 180 valence electrons. The number of halogens is 3. The van der Waals surface area contributed by atoms with Crippen molar-refractivity contribution in [2.24, 2.45) is 5.92 Å². The molecule has 0 unspecified atom stereocenters. The summed E-state index contributed by atoms with van der Waals surface area (Å²) in [4.78, 5) is 29.2. The summed E-state index contributed by atoms with van der Waals surface area (Å²) in [6.07, 6.45) is 0.494. The molecule has 3 heterocycles. The van der Waals surface area contributed by atoms with E-state index in [0.29, 0.717) is 29.7 Å². The van der Waals surface area contributed by atoms with Gasteiger partial charge in [0.05, 0.1) is 29.7 Å². The normalized spacial score (nSPS) is 17.5. The Morgan fingerprint density at radius 3 is 2.44 bits per heavy atom. The van der Waals surface area contributed by atoms with Crippen LogP contribution in [-0.2, 0) is 6.18 Å². The van der Waals surface area contributed by atoms with E-state index in [-0.39, 0.29) is 24.0 Å². The number of urea groups is 1. The maximum atomic E-state index is 12.8. The van der Waals surface area contributed by atoms with Crippen LogP contribution >= 0.6 is 0 Å². The fourth-order valence-electron chi connectivity index (χ4n) is 3.89. The van der Waals surface area contributed by atoms with Crippen LogP contribution in [0.25, 0.3) is 5.69 Å². The number of nitrogens with zero attached hydrogens (tertiary/aromatic N) is 6. The Morgan fingerprint density at radius 1 is 1.09 bits per heavy atom. The van der Waals surface area contributed by atoms with Crippen molar-refractivity contribution in [1.29, 1.82) is 0 Å². The molecule has 1 aromatic carbocycles. The molecular weight excluding hydrogens is 447 g/mol. The molecule has 2 atom stereocenters. The van der Waals surface area contributed by atoms with Gasteiger partial charge in [-0.2, -0.15) is 18.2 Å². The van der Waals surface area contributed by atoms with Gasteiger partial charge in [-0.3, -0.25) is 4.90 Å². The van der Waals surface area contributed by atoms with E-state index in [1.54, 1.807) is 46.2 Å². The predicted molar refractivity (Wildman–Crippen MR) is 122 cm³/mol. The number of imidazole rings is 1. The summed E-state index contributed by atoms with van der Waals surface area (Å²) in [7, 11) is 1.77. The maximum Gasteiger partial charge on any atom is 0.416 e. The molecule has 1 N–H and O–H groups in total. The van der Waals surface area contributed by atoms with E-state index in [2.05, 4.69) is 34.1 Å². The molecule has 8 nitrogen and oxygen atoms in total. The molecule has 1 aliphatic heterocycles. The molecule has 0 saturated carbocycles. The van der Waals surface area contributed by atoms with E-state index in [9.17, 15) is 18.0 Å². The van der Waals surface area contributed by atoms with Crippen molar-refractivity contribution in [2.45, 2.75) is 39.0 Å². The smallest absolute Gasteiger partial charge is 0.346 e. The molecule has 0 radical (unpaired) electrons. The second-order valence-corrected chi connectivity index (χ2v) is 8.70. The van der Waals surface area contributed by atoms with Crippen molar-refractivity contribution < 1.29 is 18.0 Å². The summed E-state index contributed by atoms with van der Waals surface area (Å²) in [6.45, 7) is 6.64. The van der Waals surface area contributed by atoms with E-state index in [1.807, 2.05) is 6.92 Å². The average Bonchev–Trinajstić information content (AvgIpc) is 3.39. The second kappa shape index (κ2) is 8.96. The molecule has 2 aromatic heterocycles. The van der Waals surface area contributed by atoms with Crippen LogP contribution in [0.3, 0.4) is 0 Å².